The third-order valence-electron chi connectivity index (χ3n) is 5.75. The Morgan fingerprint density at radius 3 is 2.65 bits per heavy atom. The van der Waals surface area contributed by atoms with Gasteiger partial charge in [-0.1, -0.05) is 13.8 Å². The van der Waals surface area contributed by atoms with Gasteiger partial charge in [0.25, 0.3) is 0 Å². The second-order valence-corrected chi connectivity index (χ2v) is 7.08. The van der Waals surface area contributed by atoms with Gasteiger partial charge in [0, 0.05) is 24.5 Å². The summed E-state index contributed by atoms with van der Waals surface area (Å²) >= 11 is 0. The Morgan fingerprint density at radius 2 is 2.00 bits per heavy atom. The number of hydrogen-bond donors (Lipinski definition) is 2. The fourth-order valence-electron chi connectivity index (χ4n) is 4.25. The molecule has 1 aliphatic carbocycles. The van der Waals surface area contributed by atoms with Crippen molar-refractivity contribution < 1.29 is 14.3 Å². The van der Waals surface area contributed by atoms with Crippen LogP contribution in [0.15, 0.2) is 0 Å². The maximum atomic E-state index is 12.8. The predicted octanol–water partition coefficient (Wildman–Crippen LogP) is 0.813. The fraction of sp³-hybridized carbons (Fsp3) is 0.933. The van der Waals surface area contributed by atoms with Crippen LogP contribution < -0.4 is 11.1 Å². The third kappa shape index (κ3) is 1.76. The van der Waals surface area contributed by atoms with Crippen molar-refractivity contribution >= 4 is 5.91 Å². The highest BCUT2D eigenvalue weighted by Crippen LogP contribution is 2.57. The molecule has 1 saturated carbocycles. The number of carbonyl (C=O) groups is 1. The molecular weight excluding hydrogens is 256 g/mol. The number of carbonyl (C=O) groups excluding carboxylic acids is 1. The van der Waals surface area contributed by atoms with Crippen LogP contribution in [-0.4, -0.2) is 42.9 Å². The normalized spacial score (nSPS) is 46.4. The lowest BCUT2D eigenvalue weighted by Gasteiger charge is -2.65. The Labute approximate surface area is 120 Å². The molecule has 3 rings (SSSR count). The number of hydrogen-bond acceptors (Lipinski definition) is 4. The van der Waals surface area contributed by atoms with Gasteiger partial charge < -0.3 is 20.5 Å². The Hall–Kier alpha value is -0.650. The number of fused-ring (bicyclic) bond motifs is 1. The lowest BCUT2D eigenvalue weighted by Crippen LogP contribution is -2.82. The van der Waals surface area contributed by atoms with Crippen LogP contribution in [-0.2, 0) is 14.3 Å². The van der Waals surface area contributed by atoms with Crippen LogP contribution in [0.2, 0.25) is 0 Å². The molecule has 3 aliphatic rings. The van der Waals surface area contributed by atoms with Crippen molar-refractivity contribution in [2.45, 2.75) is 63.8 Å². The van der Waals surface area contributed by atoms with E-state index in [1.54, 1.807) is 0 Å². The van der Waals surface area contributed by atoms with Crippen LogP contribution in [0.1, 0.15) is 40.0 Å². The van der Waals surface area contributed by atoms with Gasteiger partial charge in [0.2, 0.25) is 5.91 Å². The molecule has 1 amide bonds. The summed E-state index contributed by atoms with van der Waals surface area (Å²) in [6.07, 6.45) is 3.03. The first-order valence-electron chi connectivity index (χ1n) is 7.72. The molecule has 114 valence electrons. The fourth-order valence-corrected chi connectivity index (χ4v) is 4.25. The lowest BCUT2D eigenvalue weighted by atomic mass is 9.46. The van der Waals surface area contributed by atoms with Crippen LogP contribution >= 0.6 is 0 Å². The highest BCUT2D eigenvalue weighted by molar-refractivity contribution is 5.89. The highest BCUT2D eigenvalue weighted by Gasteiger charge is 2.70. The number of rotatable bonds is 2. The lowest BCUT2D eigenvalue weighted by molar-refractivity contribution is -0.225. The smallest absolute Gasteiger partial charge is 0.241 e. The molecule has 20 heavy (non-hydrogen) atoms. The van der Waals surface area contributed by atoms with E-state index in [0.717, 1.165) is 25.9 Å². The minimum Gasteiger partial charge on any atom is -0.377 e. The van der Waals surface area contributed by atoms with E-state index in [9.17, 15) is 4.79 Å². The van der Waals surface area contributed by atoms with Crippen molar-refractivity contribution in [3.05, 3.63) is 0 Å². The summed E-state index contributed by atoms with van der Waals surface area (Å²) in [7, 11) is 0. The zero-order valence-corrected chi connectivity index (χ0v) is 12.6. The van der Waals surface area contributed by atoms with E-state index in [1.165, 1.54) is 0 Å². The predicted molar refractivity (Wildman–Crippen MR) is 75.1 cm³/mol. The summed E-state index contributed by atoms with van der Waals surface area (Å²) in [4.78, 5) is 12.8. The summed E-state index contributed by atoms with van der Waals surface area (Å²) in [5, 5.41) is 3.12. The quantitative estimate of drug-likeness (QED) is 0.786. The number of nitrogens with one attached hydrogen (secondary N) is 1. The molecule has 2 saturated heterocycles. The molecule has 2 aliphatic heterocycles. The number of amides is 1. The summed E-state index contributed by atoms with van der Waals surface area (Å²) in [6, 6.07) is 0.0854. The summed E-state index contributed by atoms with van der Waals surface area (Å²) in [5.74, 6) is 0.112. The van der Waals surface area contributed by atoms with Crippen molar-refractivity contribution in [2.24, 2.45) is 17.1 Å². The Morgan fingerprint density at radius 1 is 1.25 bits per heavy atom. The molecule has 5 atom stereocenters. The van der Waals surface area contributed by atoms with Gasteiger partial charge in [0.15, 0.2) is 0 Å². The van der Waals surface area contributed by atoms with Crippen LogP contribution in [0.3, 0.4) is 0 Å². The van der Waals surface area contributed by atoms with E-state index in [4.69, 9.17) is 15.2 Å². The van der Waals surface area contributed by atoms with Gasteiger partial charge in [0.1, 0.15) is 5.54 Å². The van der Waals surface area contributed by atoms with E-state index in [-0.39, 0.29) is 35.5 Å². The molecule has 0 bridgehead atoms. The zero-order valence-electron chi connectivity index (χ0n) is 12.6. The van der Waals surface area contributed by atoms with Gasteiger partial charge in [-0.3, -0.25) is 4.79 Å². The summed E-state index contributed by atoms with van der Waals surface area (Å²) in [5.41, 5.74) is 5.44. The molecule has 3 fully saturated rings. The zero-order chi connectivity index (χ0) is 14.5. The van der Waals surface area contributed by atoms with Gasteiger partial charge in [-0.2, -0.15) is 0 Å². The standard InChI is InChI=1S/C15H26N2O3/c1-9-11(6-8-19-9)17-13(18)15(16)10-5-4-7-20-12(10)14(15,2)3/h9-12H,4-8,16H2,1-3H3,(H,17,18). The van der Waals surface area contributed by atoms with Gasteiger partial charge in [0.05, 0.1) is 18.2 Å². The third-order valence-corrected chi connectivity index (χ3v) is 5.75. The van der Waals surface area contributed by atoms with Crippen molar-refractivity contribution in [1.29, 1.82) is 0 Å². The molecule has 5 heteroatoms. The monoisotopic (exact) mass is 282 g/mol. The molecule has 0 spiro atoms. The van der Waals surface area contributed by atoms with Gasteiger partial charge in [-0.15, -0.1) is 0 Å². The molecule has 0 aromatic heterocycles. The number of nitrogens with two attached hydrogens (primary N) is 1. The second kappa shape index (κ2) is 4.68. The van der Waals surface area contributed by atoms with Crippen LogP contribution in [0, 0.1) is 11.3 Å². The van der Waals surface area contributed by atoms with Crippen LogP contribution in [0.4, 0.5) is 0 Å². The Bertz CT molecular complexity index is 412. The molecular formula is C15H26N2O3. The maximum Gasteiger partial charge on any atom is 0.241 e. The Balaban J connectivity index is 1.75. The minimum absolute atomic E-state index is 0.0309. The molecule has 0 aromatic carbocycles. The molecule has 0 aromatic rings. The van der Waals surface area contributed by atoms with E-state index >= 15 is 0 Å². The van der Waals surface area contributed by atoms with E-state index in [0.29, 0.717) is 6.61 Å². The molecule has 2 heterocycles. The maximum absolute atomic E-state index is 12.8. The second-order valence-electron chi connectivity index (χ2n) is 7.08. The van der Waals surface area contributed by atoms with Crippen molar-refractivity contribution in [3.8, 4) is 0 Å². The average molecular weight is 282 g/mol. The van der Waals surface area contributed by atoms with Gasteiger partial charge in [-0.25, -0.2) is 0 Å². The molecule has 3 N–H and O–H groups in total. The first-order chi connectivity index (χ1) is 9.39. The highest BCUT2D eigenvalue weighted by atomic mass is 16.5. The van der Waals surface area contributed by atoms with Crippen molar-refractivity contribution in [1.82, 2.24) is 5.32 Å². The minimum atomic E-state index is -0.819. The van der Waals surface area contributed by atoms with Crippen LogP contribution in [0.25, 0.3) is 0 Å². The molecule has 5 nitrogen and oxygen atoms in total. The summed E-state index contributed by atoms with van der Waals surface area (Å²) in [6.45, 7) is 7.60. The van der Waals surface area contributed by atoms with Gasteiger partial charge in [-0.05, 0) is 26.2 Å². The first-order valence-corrected chi connectivity index (χ1v) is 7.72. The van der Waals surface area contributed by atoms with Crippen LogP contribution in [0.5, 0.6) is 0 Å². The number of ether oxygens (including phenoxy) is 2. The van der Waals surface area contributed by atoms with E-state index < -0.39 is 5.54 Å². The largest absolute Gasteiger partial charge is 0.377 e. The first kappa shape index (κ1) is 14.3. The molecule has 5 unspecified atom stereocenters. The van der Waals surface area contributed by atoms with E-state index in [2.05, 4.69) is 5.32 Å². The van der Waals surface area contributed by atoms with Crippen molar-refractivity contribution in [2.75, 3.05) is 13.2 Å². The summed E-state index contributed by atoms with van der Waals surface area (Å²) < 4.78 is 11.4. The molecule has 0 radical (unpaired) electrons. The van der Waals surface area contributed by atoms with Crippen molar-refractivity contribution in [3.63, 3.8) is 0 Å². The Kier molecular flexibility index (Phi) is 3.35. The average Bonchev–Trinajstić information content (AvgIpc) is 2.83. The SMILES string of the molecule is CC1OCCC1NC(=O)C1(N)C2CCCOC2C1(C)C. The van der Waals surface area contributed by atoms with E-state index in [1.807, 2.05) is 20.8 Å². The van der Waals surface area contributed by atoms with Gasteiger partial charge >= 0.3 is 0 Å². The topological polar surface area (TPSA) is 73.6 Å².